The molecule has 0 aromatic carbocycles. The molecule has 86 valence electrons. The van der Waals surface area contributed by atoms with Crippen LogP contribution in [0.2, 0.25) is 0 Å². The second-order valence-electron chi connectivity index (χ2n) is 5.81. The van der Waals surface area contributed by atoms with Crippen molar-refractivity contribution in [2.24, 2.45) is 17.8 Å². The lowest BCUT2D eigenvalue weighted by Crippen LogP contribution is -2.38. The molecule has 3 rings (SSSR count). The quantitative estimate of drug-likeness (QED) is 0.673. The number of hydrogen-bond donors (Lipinski definition) is 2. The maximum absolute atomic E-state index is 3.70. The van der Waals surface area contributed by atoms with Crippen LogP contribution in [0.5, 0.6) is 0 Å². The lowest BCUT2D eigenvalue weighted by molar-refractivity contribution is 0.391. The predicted octanol–water partition coefficient (Wildman–Crippen LogP) is 1.76. The predicted molar refractivity (Wildman–Crippen MR) is 62.8 cm³/mol. The van der Waals surface area contributed by atoms with E-state index in [0.717, 1.165) is 23.8 Å². The van der Waals surface area contributed by atoms with Crippen LogP contribution in [0, 0.1) is 17.8 Å². The summed E-state index contributed by atoms with van der Waals surface area (Å²) in [5, 5.41) is 7.35. The molecule has 0 amide bonds. The molecule has 2 heteroatoms. The van der Waals surface area contributed by atoms with Crippen molar-refractivity contribution in [2.75, 3.05) is 19.6 Å². The number of hydrogen-bond acceptors (Lipinski definition) is 2. The van der Waals surface area contributed by atoms with Gasteiger partial charge in [0.1, 0.15) is 0 Å². The highest BCUT2D eigenvalue weighted by molar-refractivity contribution is 4.94. The fourth-order valence-corrected chi connectivity index (χ4v) is 3.50. The Labute approximate surface area is 93.2 Å². The van der Waals surface area contributed by atoms with E-state index in [1.165, 1.54) is 58.2 Å². The van der Waals surface area contributed by atoms with Gasteiger partial charge in [0.2, 0.25) is 0 Å². The number of nitrogens with one attached hydrogen (secondary N) is 2. The third-order valence-corrected chi connectivity index (χ3v) is 4.67. The van der Waals surface area contributed by atoms with E-state index in [-0.39, 0.29) is 0 Å². The Hall–Kier alpha value is -0.0800. The summed E-state index contributed by atoms with van der Waals surface area (Å²) in [5.74, 6) is 3.09. The van der Waals surface area contributed by atoms with Gasteiger partial charge in [-0.1, -0.05) is 19.3 Å². The fourth-order valence-electron chi connectivity index (χ4n) is 3.50. The summed E-state index contributed by atoms with van der Waals surface area (Å²) in [6.45, 7) is 3.76. The van der Waals surface area contributed by atoms with Crippen molar-refractivity contribution >= 4 is 0 Å². The molecule has 1 heterocycles. The first kappa shape index (κ1) is 10.1. The highest BCUT2D eigenvalue weighted by atomic mass is 15.0. The van der Waals surface area contributed by atoms with E-state index < -0.39 is 0 Å². The SMILES string of the molecule is C1CC2CNC(CNCCC3CC3)C2C1. The molecule has 1 aliphatic heterocycles. The van der Waals surface area contributed by atoms with Crippen LogP contribution < -0.4 is 10.6 Å². The molecule has 0 aromatic heterocycles. The van der Waals surface area contributed by atoms with Gasteiger partial charge in [-0.15, -0.1) is 0 Å². The van der Waals surface area contributed by atoms with Crippen molar-refractivity contribution in [2.45, 2.75) is 44.6 Å². The lowest BCUT2D eigenvalue weighted by Gasteiger charge is -2.18. The molecule has 0 radical (unpaired) electrons. The Bertz CT molecular complexity index is 213. The van der Waals surface area contributed by atoms with E-state index in [0.29, 0.717) is 0 Å². The van der Waals surface area contributed by atoms with Gasteiger partial charge in [0, 0.05) is 12.6 Å². The Morgan fingerprint density at radius 2 is 2.07 bits per heavy atom. The minimum atomic E-state index is 0.789. The van der Waals surface area contributed by atoms with E-state index in [9.17, 15) is 0 Å². The largest absolute Gasteiger partial charge is 0.315 e. The van der Waals surface area contributed by atoms with E-state index >= 15 is 0 Å². The maximum Gasteiger partial charge on any atom is 0.0223 e. The number of fused-ring (bicyclic) bond motifs is 1. The van der Waals surface area contributed by atoms with Gasteiger partial charge in [-0.25, -0.2) is 0 Å². The maximum atomic E-state index is 3.70. The van der Waals surface area contributed by atoms with Crippen molar-refractivity contribution in [3.63, 3.8) is 0 Å². The Morgan fingerprint density at radius 3 is 2.93 bits per heavy atom. The van der Waals surface area contributed by atoms with Crippen LogP contribution in [0.4, 0.5) is 0 Å². The molecule has 3 fully saturated rings. The summed E-state index contributed by atoms with van der Waals surface area (Å²) < 4.78 is 0. The van der Waals surface area contributed by atoms with Crippen molar-refractivity contribution in [1.29, 1.82) is 0 Å². The smallest absolute Gasteiger partial charge is 0.0223 e. The van der Waals surface area contributed by atoms with Crippen LogP contribution in [0.3, 0.4) is 0 Å². The van der Waals surface area contributed by atoms with E-state index in [1.807, 2.05) is 0 Å². The zero-order valence-corrected chi connectivity index (χ0v) is 9.67. The summed E-state index contributed by atoms with van der Waals surface area (Å²) in [4.78, 5) is 0. The van der Waals surface area contributed by atoms with Crippen molar-refractivity contribution in [3.8, 4) is 0 Å². The number of rotatable bonds is 5. The third kappa shape index (κ3) is 2.36. The molecule has 0 spiro atoms. The van der Waals surface area contributed by atoms with Crippen LogP contribution in [0.1, 0.15) is 38.5 Å². The van der Waals surface area contributed by atoms with E-state index in [1.54, 1.807) is 0 Å². The average molecular weight is 208 g/mol. The molecule has 3 atom stereocenters. The minimum Gasteiger partial charge on any atom is -0.315 e. The lowest BCUT2D eigenvalue weighted by atomic mass is 9.94. The van der Waals surface area contributed by atoms with Gasteiger partial charge >= 0.3 is 0 Å². The standard InChI is InChI=1S/C13H24N2/c1-2-11-8-15-13(12(11)3-1)9-14-7-6-10-4-5-10/h10-15H,1-9H2. The monoisotopic (exact) mass is 208 g/mol. The van der Waals surface area contributed by atoms with Gasteiger partial charge in [-0.3, -0.25) is 0 Å². The highest BCUT2D eigenvalue weighted by Crippen LogP contribution is 2.37. The van der Waals surface area contributed by atoms with Gasteiger partial charge in [-0.05, 0) is 50.1 Å². The molecule has 15 heavy (non-hydrogen) atoms. The molecule has 0 aromatic rings. The molecule has 1 saturated heterocycles. The first-order chi connectivity index (χ1) is 7.43. The minimum absolute atomic E-state index is 0.789. The van der Waals surface area contributed by atoms with Crippen molar-refractivity contribution in [3.05, 3.63) is 0 Å². The molecule has 2 N–H and O–H groups in total. The molecule has 0 bridgehead atoms. The van der Waals surface area contributed by atoms with Crippen LogP contribution in [0.25, 0.3) is 0 Å². The van der Waals surface area contributed by atoms with Crippen LogP contribution in [-0.2, 0) is 0 Å². The fraction of sp³-hybridized carbons (Fsp3) is 1.00. The summed E-state index contributed by atoms with van der Waals surface area (Å²) in [7, 11) is 0. The van der Waals surface area contributed by atoms with Gasteiger partial charge in [0.05, 0.1) is 0 Å². The summed E-state index contributed by atoms with van der Waals surface area (Å²) in [6.07, 6.45) is 8.85. The summed E-state index contributed by atoms with van der Waals surface area (Å²) >= 11 is 0. The van der Waals surface area contributed by atoms with Gasteiger partial charge in [-0.2, -0.15) is 0 Å². The van der Waals surface area contributed by atoms with Gasteiger partial charge < -0.3 is 10.6 Å². The van der Waals surface area contributed by atoms with Crippen LogP contribution in [-0.4, -0.2) is 25.7 Å². The molecule has 3 unspecified atom stereocenters. The molecule has 3 aliphatic rings. The average Bonchev–Trinajstić information content (AvgIpc) is 2.80. The van der Waals surface area contributed by atoms with Crippen LogP contribution in [0.15, 0.2) is 0 Å². The molecular weight excluding hydrogens is 184 g/mol. The van der Waals surface area contributed by atoms with Gasteiger partial charge in [0.15, 0.2) is 0 Å². The van der Waals surface area contributed by atoms with E-state index in [4.69, 9.17) is 0 Å². The summed E-state index contributed by atoms with van der Waals surface area (Å²) in [5.41, 5.74) is 0. The third-order valence-electron chi connectivity index (χ3n) is 4.67. The van der Waals surface area contributed by atoms with Crippen LogP contribution >= 0.6 is 0 Å². The summed E-state index contributed by atoms with van der Waals surface area (Å²) in [6, 6.07) is 0.789. The zero-order chi connectivity index (χ0) is 10.1. The first-order valence-electron chi connectivity index (χ1n) is 6.87. The highest BCUT2D eigenvalue weighted by Gasteiger charge is 2.38. The van der Waals surface area contributed by atoms with Gasteiger partial charge in [0.25, 0.3) is 0 Å². The normalized spacial score (nSPS) is 39.6. The molecule has 2 saturated carbocycles. The van der Waals surface area contributed by atoms with E-state index in [2.05, 4.69) is 10.6 Å². The first-order valence-corrected chi connectivity index (χ1v) is 6.87. The molecule has 2 nitrogen and oxygen atoms in total. The molecular formula is C13H24N2. The Morgan fingerprint density at radius 1 is 1.13 bits per heavy atom. The second-order valence-corrected chi connectivity index (χ2v) is 5.81. The van der Waals surface area contributed by atoms with Crippen molar-refractivity contribution < 1.29 is 0 Å². The Kier molecular flexibility index (Phi) is 2.98. The second kappa shape index (κ2) is 4.42. The zero-order valence-electron chi connectivity index (χ0n) is 9.67. The molecule has 2 aliphatic carbocycles. The Balaban J connectivity index is 1.35. The topological polar surface area (TPSA) is 24.1 Å². The van der Waals surface area contributed by atoms with Crippen molar-refractivity contribution in [1.82, 2.24) is 10.6 Å².